The average molecular weight is 292 g/mol. The highest BCUT2D eigenvalue weighted by molar-refractivity contribution is 5.88. The first-order valence-corrected chi connectivity index (χ1v) is 7.32. The third kappa shape index (κ3) is 7.31. The summed E-state index contributed by atoms with van der Waals surface area (Å²) in [5.41, 5.74) is 0. The van der Waals surface area contributed by atoms with Crippen molar-refractivity contribution in [3.05, 3.63) is 0 Å². The molecular formula is C14H28O6. The quantitative estimate of drug-likeness (QED) is 0.316. The molecule has 0 bridgehead atoms. The molecule has 0 heterocycles. The van der Waals surface area contributed by atoms with Crippen molar-refractivity contribution in [2.24, 2.45) is 0 Å². The molecule has 0 amide bonds. The van der Waals surface area contributed by atoms with Gasteiger partial charge in [-0.2, -0.15) is 0 Å². The second-order valence-electron chi connectivity index (χ2n) is 5.17. The number of ketones is 1. The van der Waals surface area contributed by atoms with E-state index < -0.39 is 36.8 Å². The Hall–Kier alpha value is -0.530. The van der Waals surface area contributed by atoms with E-state index in [1.165, 1.54) is 6.42 Å². The van der Waals surface area contributed by atoms with Gasteiger partial charge in [0.15, 0.2) is 5.78 Å². The van der Waals surface area contributed by atoms with E-state index in [2.05, 4.69) is 6.92 Å². The number of hydrogen-bond acceptors (Lipinski definition) is 6. The zero-order valence-electron chi connectivity index (χ0n) is 12.1. The van der Waals surface area contributed by atoms with Crippen molar-refractivity contribution in [1.29, 1.82) is 0 Å². The van der Waals surface area contributed by atoms with Crippen molar-refractivity contribution >= 4 is 5.78 Å². The monoisotopic (exact) mass is 292 g/mol. The summed E-state index contributed by atoms with van der Waals surface area (Å²) in [5, 5.41) is 46.3. The first-order chi connectivity index (χ1) is 9.45. The Balaban J connectivity index is 3.96. The molecule has 0 aliphatic carbocycles. The minimum Gasteiger partial charge on any atom is -0.394 e. The van der Waals surface area contributed by atoms with Crippen LogP contribution < -0.4 is 0 Å². The third-order valence-electron chi connectivity index (χ3n) is 3.35. The van der Waals surface area contributed by atoms with Crippen molar-refractivity contribution in [2.75, 3.05) is 6.61 Å². The van der Waals surface area contributed by atoms with Crippen LogP contribution >= 0.6 is 0 Å². The molecule has 0 saturated heterocycles. The summed E-state index contributed by atoms with van der Waals surface area (Å²) < 4.78 is 0. The van der Waals surface area contributed by atoms with Crippen molar-refractivity contribution in [3.63, 3.8) is 0 Å². The number of Topliss-reactive ketones (excluding diaryl/α,β-unsaturated/α-hetero) is 1. The Morgan fingerprint density at radius 3 is 1.90 bits per heavy atom. The van der Waals surface area contributed by atoms with Crippen LogP contribution in [0.15, 0.2) is 0 Å². The summed E-state index contributed by atoms with van der Waals surface area (Å²) in [6.45, 7) is 1.34. The minimum atomic E-state index is -1.88. The fraction of sp³-hybridized carbons (Fsp3) is 0.929. The highest BCUT2D eigenvalue weighted by atomic mass is 16.4. The SMILES string of the molecule is CCCCCCCCC(O)[C@@H](O)C(=O)[C@H](O)[C@@H](O)CO. The molecular weight excluding hydrogens is 264 g/mol. The Morgan fingerprint density at radius 1 is 0.850 bits per heavy atom. The summed E-state index contributed by atoms with van der Waals surface area (Å²) >= 11 is 0. The molecule has 1 unspecified atom stereocenters. The third-order valence-corrected chi connectivity index (χ3v) is 3.35. The highest BCUT2D eigenvalue weighted by Gasteiger charge is 2.32. The second kappa shape index (κ2) is 11.2. The van der Waals surface area contributed by atoms with Gasteiger partial charge >= 0.3 is 0 Å². The predicted molar refractivity (Wildman–Crippen MR) is 74.1 cm³/mol. The van der Waals surface area contributed by atoms with Gasteiger partial charge in [-0.3, -0.25) is 4.79 Å². The summed E-state index contributed by atoms with van der Waals surface area (Å²) in [7, 11) is 0. The lowest BCUT2D eigenvalue weighted by Gasteiger charge is -2.21. The number of carbonyl (C=O) groups excluding carboxylic acids is 1. The predicted octanol–water partition coefficient (Wildman–Crippen LogP) is -0.258. The van der Waals surface area contributed by atoms with E-state index in [1.807, 2.05) is 0 Å². The average Bonchev–Trinajstić information content (AvgIpc) is 2.47. The van der Waals surface area contributed by atoms with E-state index in [4.69, 9.17) is 10.2 Å². The van der Waals surface area contributed by atoms with Gasteiger partial charge in [0, 0.05) is 0 Å². The van der Waals surface area contributed by atoms with Crippen molar-refractivity contribution in [1.82, 2.24) is 0 Å². The molecule has 4 atom stereocenters. The van der Waals surface area contributed by atoms with Gasteiger partial charge in [0.05, 0.1) is 12.7 Å². The molecule has 5 N–H and O–H groups in total. The maximum Gasteiger partial charge on any atom is 0.195 e. The molecule has 20 heavy (non-hydrogen) atoms. The molecule has 0 aromatic carbocycles. The molecule has 0 aromatic heterocycles. The van der Waals surface area contributed by atoms with E-state index in [-0.39, 0.29) is 6.42 Å². The van der Waals surface area contributed by atoms with E-state index in [1.54, 1.807) is 0 Å². The van der Waals surface area contributed by atoms with E-state index in [9.17, 15) is 20.1 Å². The molecule has 0 saturated carbocycles. The Labute approximate surface area is 120 Å². The van der Waals surface area contributed by atoms with E-state index >= 15 is 0 Å². The van der Waals surface area contributed by atoms with Gasteiger partial charge in [-0.1, -0.05) is 45.4 Å². The molecule has 0 radical (unpaired) electrons. The number of unbranched alkanes of at least 4 members (excludes halogenated alkanes) is 5. The van der Waals surface area contributed by atoms with Crippen molar-refractivity contribution in [2.45, 2.75) is 76.3 Å². The Bertz CT molecular complexity index is 258. The summed E-state index contributed by atoms with van der Waals surface area (Å²) in [6.07, 6.45) is -0.125. The zero-order chi connectivity index (χ0) is 15.5. The minimum absolute atomic E-state index is 0.265. The van der Waals surface area contributed by atoms with Crippen molar-refractivity contribution < 1.29 is 30.3 Å². The molecule has 0 aromatic rings. The number of aliphatic hydroxyl groups is 5. The smallest absolute Gasteiger partial charge is 0.195 e. The lowest BCUT2D eigenvalue weighted by molar-refractivity contribution is -0.149. The molecule has 6 heteroatoms. The van der Waals surface area contributed by atoms with Crippen LogP contribution in [0, 0.1) is 0 Å². The topological polar surface area (TPSA) is 118 Å². The fourth-order valence-corrected chi connectivity index (χ4v) is 1.95. The van der Waals surface area contributed by atoms with Crippen LogP contribution in [0.3, 0.4) is 0 Å². The Kier molecular flexibility index (Phi) is 10.9. The number of rotatable bonds is 12. The largest absolute Gasteiger partial charge is 0.394 e. The summed E-state index contributed by atoms with van der Waals surface area (Å²) in [6, 6.07) is 0. The van der Waals surface area contributed by atoms with Gasteiger partial charge in [-0.05, 0) is 6.42 Å². The van der Waals surface area contributed by atoms with E-state index in [0.29, 0.717) is 6.42 Å². The highest BCUT2D eigenvalue weighted by Crippen LogP contribution is 2.12. The summed E-state index contributed by atoms with van der Waals surface area (Å²) in [5.74, 6) is -1.06. The van der Waals surface area contributed by atoms with Gasteiger partial charge < -0.3 is 25.5 Å². The lowest BCUT2D eigenvalue weighted by atomic mass is 9.97. The van der Waals surface area contributed by atoms with E-state index in [0.717, 1.165) is 25.7 Å². The zero-order valence-corrected chi connectivity index (χ0v) is 12.1. The molecule has 0 spiro atoms. The first-order valence-electron chi connectivity index (χ1n) is 7.32. The molecule has 0 rings (SSSR count). The van der Waals surface area contributed by atoms with Crippen LogP contribution in [-0.2, 0) is 4.79 Å². The molecule has 0 aliphatic heterocycles. The second-order valence-corrected chi connectivity index (χ2v) is 5.17. The fourth-order valence-electron chi connectivity index (χ4n) is 1.95. The van der Waals surface area contributed by atoms with Crippen LogP contribution in [0.5, 0.6) is 0 Å². The number of aliphatic hydroxyl groups excluding tert-OH is 5. The maximum atomic E-state index is 11.5. The normalized spacial score (nSPS) is 17.5. The molecule has 120 valence electrons. The number of hydrogen-bond donors (Lipinski definition) is 5. The van der Waals surface area contributed by atoms with Gasteiger partial charge in [0.25, 0.3) is 0 Å². The number of carbonyl (C=O) groups is 1. The molecule has 0 fully saturated rings. The maximum absolute atomic E-state index is 11.5. The van der Waals surface area contributed by atoms with Crippen LogP contribution in [0.1, 0.15) is 51.9 Å². The van der Waals surface area contributed by atoms with Crippen LogP contribution in [-0.4, -0.2) is 62.3 Å². The lowest BCUT2D eigenvalue weighted by Crippen LogP contribution is -2.46. The molecule has 6 nitrogen and oxygen atoms in total. The van der Waals surface area contributed by atoms with Crippen LogP contribution in [0.25, 0.3) is 0 Å². The first kappa shape index (κ1) is 19.5. The summed E-state index contributed by atoms with van der Waals surface area (Å²) in [4.78, 5) is 11.5. The molecule has 0 aliphatic rings. The van der Waals surface area contributed by atoms with Crippen LogP contribution in [0.4, 0.5) is 0 Å². The van der Waals surface area contributed by atoms with Gasteiger partial charge in [-0.15, -0.1) is 0 Å². The van der Waals surface area contributed by atoms with Gasteiger partial charge in [0.2, 0.25) is 0 Å². The van der Waals surface area contributed by atoms with Crippen LogP contribution in [0.2, 0.25) is 0 Å². The Morgan fingerprint density at radius 2 is 1.35 bits per heavy atom. The van der Waals surface area contributed by atoms with Crippen molar-refractivity contribution in [3.8, 4) is 0 Å². The standard InChI is InChI=1S/C14H28O6/c1-2-3-4-5-6-7-8-10(16)12(18)14(20)13(19)11(17)9-15/h10-13,15-19H,2-9H2,1H3/t10?,11-,12+,13+/m0/s1. The van der Waals surface area contributed by atoms with Gasteiger partial charge in [0.1, 0.15) is 18.3 Å². The van der Waals surface area contributed by atoms with Gasteiger partial charge in [-0.25, -0.2) is 0 Å².